The number of rotatable bonds is 6. The first kappa shape index (κ1) is 23.3. The van der Waals surface area contributed by atoms with Gasteiger partial charge in [0.25, 0.3) is 0 Å². The fourth-order valence-electron chi connectivity index (χ4n) is 7.05. The van der Waals surface area contributed by atoms with E-state index in [2.05, 4.69) is 17.4 Å². The standard InChI is InChI=1S/C26H30F2N2O3S/c1-16(30(34(2,32)33)22-7-8-23(27)24(28)12-22)25(31)29-21-5-3-20(4-6-21)26-13-17-9-18(14-26)11-19(10-17)15-26/h3-8,12,16-19H,9-11,13-15H2,1-2H3,(H,29,31). The van der Waals surface area contributed by atoms with Crippen molar-refractivity contribution >= 4 is 27.3 Å². The molecule has 0 saturated heterocycles. The molecule has 1 atom stereocenters. The van der Waals surface area contributed by atoms with Crippen molar-refractivity contribution in [3.05, 3.63) is 59.7 Å². The van der Waals surface area contributed by atoms with Gasteiger partial charge in [-0.3, -0.25) is 9.10 Å². The number of benzene rings is 2. The van der Waals surface area contributed by atoms with E-state index in [1.165, 1.54) is 51.0 Å². The summed E-state index contributed by atoms with van der Waals surface area (Å²) in [5, 5.41) is 2.78. The molecule has 1 N–H and O–H groups in total. The van der Waals surface area contributed by atoms with Crippen LogP contribution in [0.4, 0.5) is 20.2 Å². The minimum atomic E-state index is -3.93. The van der Waals surface area contributed by atoms with Gasteiger partial charge in [-0.15, -0.1) is 0 Å². The summed E-state index contributed by atoms with van der Waals surface area (Å²) in [6, 6.07) is 9.54. The lowest BCUT2D eigenvalue weighted by Crippen LogP contribution is -2.48. The number of anilines is 2. The Balaban J connectivity index is 1.33. The summed E-state index contributed by atoms with van der Waals surface area (Å²) >= 11 is 0. The third kappa shape index (κ3) is 4.21. The predicted molar refractivity (Wildman–Crippen MR) is 128 cm³/mol. The van der Waals surface area contributed by atoms with Gasteiger partial charge in [0.2, 0.25) is 15.9 Å². The van der Waals surface area contributed by atoms with Crippen LogP contribution in [0.25, 0.3) is 0 Å². The summed E-state index contributed by atoms with van der Waals surface area (Å²) in [6.45, 7) is 1.42. The Hall–Kier alpha value is -2.48. The Labute approximate surface area is 199 Å². The van der Waals surface area contributed by atoms with E-state index in [-0.39, 0.29) is 11.1 Å². The van der Waals surface area contributed by atoms with Crippen molar-refractivity contribution in [3.63, 3.8) is 0 Å². The van der Waals surface area contributed by atoms with Crippen molar-refractivity contribution in [2.24, 2.45) is 17.8 Å². The summed E-state index contributed by atoms with van der Waals surface area (Å²) in [6.07, 6.45) is 8.80. The van der Waals surface area contributed by atoms with Crippen LogP contribution < -0.4 is 9.62 Å². The number of nitrogens with one attached hydrogen (secondary N) is 1. The van der Waals surface area contributed by atoms with Crippen molar-refractivity contribution in [1.82, 2.24) is 0 Å². The maximum atomic E-state index is 13.7. The Morgan fingerprint density at radius 2 is 1.53 bits per heavy atom. The van der Waals surface area contributed by atoms with Gasteiger partial charge in [0.15, 0.2) is 11.6 Å². The Bertz CT molecular complexity index is 1180. The van der Waals surface area contributed by atoms with Crippen molar-refractivity contribution in [2.45, 2.75) is 56.9 Å². The van der Waals surface area contributed by atoms with Crippen LogP contribution in [0.15, 0.2) is 42.5 Å². The first-order valence-electron chi connectivity index (χ1n) is 11.9. The number of nitrogens with zero attached hydrogens (tertiary/aromatic N) is 1. The van der Waals surface area contributed by atoms with Gasteiger partial charge in [-0.25, -0.2) is 17.2 Å². The number of hydrogen-bond donors (Lipinski definition) is 1. The Kier molecular flexibility index (Phi) is 5.70. The monoisotopic (exact) mass is 488 g/mol. The number of hydrogen-bond acceptors (Lipinski definition) is 3. The van der Waals surface area contributed by atoms with E-state index in [1.807, 2.05) is 12.1 Å². The molecule has 0 radical (unpaired) electrons. The van der Waals surface area contributed by atoms with E-state index >= 15 is 0 Å². The summed E-state index contributed by atoms with van der Waals surface area (Å²) in [5.41, 5.74) is 2.05. The highest BCUT2D eigenvalue weighted by Gasteiger charge is 2.51. The van der Waals surface area contributed by atoms with Crippen LogP contribution in [-0.4, -0.2) is 26.6 Å². The highest BCUT2D eigenvalue weighted by atomic mass is 32.2. The van der Waals surface area contributed by atoms with Crippen molar-refractivity contribution < 1.29 is 22.0 Å². The van der Waals surface area contributed by atoms with Crippen LogP contribution in [-0.2, 0) is 20.2 Å². The van der Waals surface area contributed by atoms with Crippen LogP contribution in [0.1, 0.15) is 51.0 Å². The van der Waals surface area contributed by atoms with Gasteiger partial charge in [0, 0.05) is 11.8 Å². The van der Waals surface area contributed by atoms with E-state index < -0.39 is 33.6 Å². The molecule has 0 aliphatic heterocycles. The average molecular weight is 489 g/mol. The van der Waals surface area contributed by atoms with E-state index in [1.54, 1.807) is 0 Å². The van der Waals surface area contributed by atoms with Crippen LogP contribution in [0.2, 0.25) is 0 Å². The van der Waals surface area contributed by atoms with Gasteiger partial charge in [-0.05, 0) is 98.4 Å². The first-order chi connectivity index (χ1) is 16.0. The number of carbonyl (C=O) groups is 1. The fraction of sp³-hybridized carbons (Fsp3) is 0.500. The topological polar surface area (TPSA) is 66.5 Å². The fourth-order valence-corrected chi connectivity index (χ4v) is 8.22. The predicted octanol–water partition coefficient (Wildman–Crippen LogP) is 5.23. The molecule has 2 aromatic carbocycles. The maximum Gasteiger partial charge on any atom is 0.247 e. The van der Waals surface area contributed by atoms with Gasteiger partial charge in [0.05, 0.1) is 11.9 Å². The Morgan fingerprint density at radius 1 is 0.971 bits per heavy atom. The molecule has 2 aromatic rings. The molecular weight excluding hydrogens is 458 g/mol. The summed E-state index contributed by atoms with van der Waals surface area (Å²) < 4.78 is 52.7. The zero-order valence-corrected chi connectivity index (χ0v) is 20.2. The van der Waals surface area contributed by atoms with Gasteiger partial charge in [0.1, 0.15) is 6.04 Å². The lowest BCUT2D eigenvalue weighted by atomic mass is 9.48. The minimum Gasteiger partial charge on any atom is -0.324 e. The number of sulfonamides is 1. The molecule has 4 saturated carbocycles. The SMILES string of the molecule is CC(C(=O)Nc1ccc(C23CC4CC(CC(C4)C2)C3)cc1)N(c1ccc(F)c(F)c1)S(C)(=O)=O. The van der Waals surface area contributed by atoms with Gasteiger partial charge >= 0.3 is 0 Å². The molecule has 1 unspecified atom stereocenters. The van der Waals surface area contributed by atoms with Gasteiger partial charge in [-0.1, -0.05) is 12.1 Å². The summed E-state index contributed by atoms with van der Waals surface area (Å²) in [5.74, 6) is -0.315. The quantitative estimate of drug-likeness (QED) is 0.606. The molecule has 6 rings (SSSR count). The van der Waals surface area contributed by atoms with E-state index in [0.717, 1.165) is 46.5 Å². The summed E-state index contributed by atoms with van der Waals surface area (Å²) in [4.78, 5) is 12.9. The lowest BCUT2D eigenvalue weighted by molar-refractivity contribution is -0.116. The third-order valence-corrected chi connectivity index (χ3v) is 9.29. The lowest BCUT2D eigenvalue weighted by Gasteiger charge is -2.57. The smallest absolute Gasteiger partial charge is 0.247 e. The molecule has 8 heteroatoms. The normalized spacial score (nSPS) is 28.5. The van der Waals surface area contributed by atoms with Crippen LogP contribution in [0.5, 0.6) is 0 Å². The minimum absolute atomic E-state index is 0.110. The highest BCUT2D eigenvalue weighted by Crippen LogP contribution is 2.60. The van der Waals surface area contributed by atoms with Crippen molar-refractivity contribution in [3.8, 4) is 0 Å². The number of carbonyl (C=O) groups excluding carboxylic acids is 1. The molecule has 0 aromatic heterocycles. The van der Waals surface area contributed by atoms with Gasteiger partial charge < -0.3 is 5.32 Å². The van der Waals surface area contributed by atoms with Crippen LogP contribution in [0, 0.1) is 29.4 Å². The molecule has 0 spiro atoms. The highest BCUT2D eigenvalue weighted by molar-refractivity contribution is 7.92. The molecule has 5 nitrogen and oxygen atoms in total. The second-order valence-corrected chi connectivity index (χ2v) is 12.5. The number of halogens is 2. The van der Waals surface area contributed by atoms with E-state index in [0.29, 0.717) is 5.69 Å². The molecule has 182 valence electrons. The average Bonchev–Trinajstić information content (AvgIpc) is 2.75. The van der Waals surface area contributed by atoms with Crippen LogP contribution >= 0.6 is 0 Å². The third-order valence-electron chi connectivity index (χ3n) is 8.05. The number of amides is 1. The van der Waals surface area contributed by atoms with Crippen molar-refractivity contribution in [1.29, 1.82) is 0 Å². The largest absolute Gasteiger partial charge is 0.324 e. The second kappa shape index (κ2) is 8.33. The zero-order chi connectivity index (χ0) is 24.3. The van der Waals surface area contributed by atoms with E-state index in [9.17, 15) is 22.0 Å². The molecule has 34 heavy (non-hydrogen) atoms. The second-order valence-electron chi connectivity index (χ2n) is 10.6. The van der Waals surface area contributed by atoms with Crippen LogP contribution in [0.3, 0.4) is 0 Å². The summed E-state index contributed by atoms with van der Waals surface area (Å²) in [7, 11) is -3.93. The molecule has 1 amide bonds. The molecule has 4 aliphatic rings. The maximum absolute atomic E-state index is 13.7. The zero-order valence-electron chi connectivity index (χ0n) is 19.4. The first-order valence-corrected chi connectivity index (χ1v) is 13.7. The van der Waals surface area contributed by atoms with E-state index in [4.69, 9.17) is 0 Å². The van der Waals surface area contributed by atoms with Gasteiger partial charge in [-0.2, -0.15) is 0 Å². The Morgan fingerprint density at radius 3 is 2.03 bits per heavy atom. The molecule has 4 bridgehead atoms. The van der Waals surface area contributed by atoms with Crippen molar-refractivity contribution in [2.75, 3.05) is 15.9 Å². The molecule has 4 aliphatic carbocycles. The molecule has 4 fully saturated rings. The molecule has 0 heterocycles. The molecular formula is C26H30F2N2O3S.